The molecule has 0 radical (unpaired) electrons. The number of ketones is 2. The molecule has 0 saturated carbocycles. The molecule has 1 saturated heterocycles. The van der Waals surface area contributed by atoms with Crippen LogP contribution in [0.15, 0.2) is 12.0 Å². The molecule has 2 aliphatic rings. The van der Waals surface area contributed by atoms with Gasteiger partial charge in [-0.05, 0) is 51.2 Å². The fourth-order valence-electron chi connectivity index (χ4n) is 3.76. The summed E-state index contributed by atoms with van der Waals surface area (Å²) in [5.41, 5.74) is 1.05. The van der Waals surface area contributed by atoms with Crippen LogP contribution in [0, 0.1) is 17.8 Å². The van der Waals surface area contributed by atoms with E-state index in [1.807, 2.05) is 13.8 Å². The number of halogens is 2. The van der Waals surface area contributed by atoms with Gasteiger partial charge in [0, 0.05) is 17.9 Å². The molecule has 0 bridgehead atoms. The van der Waals surface area contributed by atoms with Crippen LogP contribution in [0.2, 0.25) is 0 Å². The van der Waals surface area contributed by atoms with Crippen LogP contribution < -0.4 is 5.32 Å². The molecule has 1 aliphatic heterocycles. The maximum absolute atomic E-state index is 13.1. The maximum atomic E-state index is 13.1. The first-order valence-electron chi connectivity index (χ1n) is 7.14. The van der Waals surface area contributed by atoms with E-state index < -0.39 is 0 Å². The van der Waals surface area contributed by atoms with E-state index in [9.17, 15) is 9.59 Å². The first kappa shape index (κ1) is 15.1. The zero-order valence-electron chi connectivity index (χ0n) is 11.9. The number of carbonyl (C=O) groups excluding carboxylic acids is 2. The van der Waals surface area contributed by atoms with Gasteiger partial charge in [-0.15, -0.1) is 11.3 Å². The zero-order chi connectivity index (χ0) is 15.8. The maximum Gasteiger partial charge on any atom is 0.202 e. The molecule has 0 amide bonds. The highest BCUT2D eigenvalue weighted by Gasteiger charge is 2.51. The monoisotopic (exact) mass is 445 g/mol. The van der Waals surface area contributed by atoms with Crippen LogP contribution in [-0.4, -0.2) is 24.2 Å². The summed E-state index contributed by atoms with van der Waals surface area (Å²) >= 11 is 8.39. The summed E-state index contributed by atoms with van der Waals surface area (Å²) in [7, 11) is 0. The molecule has 1 N–H and O–H groups in total. The van der Waals surface area contributed by atoms with Gasteiger partial charge in [0.15, 0.2) is 17.1 Å². The van der Waals surface area contributed by atoms with Crippen molar-refractivity contribution in [2.75, 3.05) is 6.54 Å². The average Bonchev–Trinajstić information content (AvgIpc) is 2.99. The highest BCUT2D eigenvalue weighted by molar-refractivity contribution is 9.12. The molecule has 2 aromatic rings. The van der Waals surface area contributed by atoms with Gasteiger partial charge >= 0.3 is 0 Å². The Bertz CT molecular complexity index is 824. The van der Waals surface area contributed by atoms with Gasteiger partial charge in [0.2, 0.25) is 5.78 Å². The van der Waals surface area contributed by atoms with E-state index in [1.165, 1.54) is 11.3 Å². The Hall–Kier alpha value is -0.500. The van der Waals surface area contributed by atoms with Gasteiger partial charge in [-0.3, -0.25) is 9.59 Å². The molecule has 7 heteroatoms. The first-order valence-corrected chi connectivity index (χ1v) is 9.54. The SMILES string of the molecule is CC1CNC(C)C2C(=O)c3c(oc4c(Br)sc(Br)c34)C(=O)C12. The van der Waals surface area contributed by atoms with E-state index in [4.69, 9.17) is 4.42 Å². The summed E-state index contributed by atoms with van der Waals surface area (Å²) in [6, 6.07) is -0.00315. The third-order valence-corrected chi connectivity index (χ3v) is 7.31. The van der Waals surface area contributed by atoms with Gasteiger partial charge in [-0.1, -0.05) is 6.92 Å². The van der Waals surface area contributed by atoms with Crippen molar-refractivity contribution >= 4 is 65.7 Å². The Balaban J connectivity index is 2.01. The number of furan rings is 1. The minimum atomic E-state index is -0.310. The molecule has 0 spiro atoms. The normalized spacial score (nSPS) is 31.5. The van der Waals surface area contributed by atoms with Crippen molar-refractivity contribution in [3.8, 4) is 0 Å². The summed E-state index contributed by atoms with van der Waals surface area (Å²) < 4.78 is 7.42. The van der Waals surface area contributed by atoms with Crippen LogP contribution >= 0.6 is 43.2 Å². The van der Waals surface area contributed by atoms with E-state index in [0.717, 1.165) is 19.5 Å². The topological polar surface area (TPSA) is 59.3 Å². The molecule has 116 valence electrons. The number of Topliss-reactive ketones (excluding diaryl/α,β-unsaturated/α-hetero) is 2. The highest BCUT2D eigenvalue weighted by Crippen LogP contribution is 2.48. The number of piperidine rings is 1. The van der Waals surface area contributed by atoms with Crippen molar-refractivity contribution in [3.05, 3.63) is 18.9 Å². The van der Waals surface area contributed by atoms with Crippen LogP contribution in [0.5, 0.6) is 0 Å². The predicted octanol–water partition coefficient (Wildman–Crippen LogP) is 4.26. The average molecular weight is 447 g/mol. The van der Waals surface area contributed by atoms with Gasteiger partial charge in [0.05, 0.1) is 14.7 Å². The number of carbonyl (C=O) groups is 2. The molecule has 1 aliphatic carbocycles. The molecule has 0 aromatic carbocycles. The van der Waals surface area contributed by atoms with Crippen LogP contribution in [0.3, 0.4) is 0 Å². The smallest absolute Gasteiger partial charge is 0.202 e. The van der Waals surface area contributed by atoms with Gasteiger partial charge in [0.25, 0.3) is 0 Å². The lowest BCUT2D eigenvalue weighted by atomic mass is 9.66. The van der Waals surface area contributed by atoms with Crippen LogP contribution in [0.25, 0.3) is 11.0 Å². The van der Waals surface area contributed by atoms with Crippen molar-refractivity contribution in [2.45, 2.75) is 19.9 Å². The minimum Gasteiger partial charge on any atom is -0.450 e. The molecule has 3 heterocycles. The second-order valence-corrected chi connectivity index (χ2v) is 9.77. The lowest BCUT2D eigenvalue weighted by Gasteiger charge is -2.41. The largest absolute Gasteiger partial charge is 0.450 e. The van der Waals surface area contributed by atoms with E-state index in [0.29, 0.717) is 11.1 Å². The summed E-state index contributed by atoms with van der Waals surface area (Å²) in [6.45, 7) is 4.75. The van der Waals surface area contributed by atoms with Crippen molar-refractivity contribution in [2.24, 2.45) is 17.8 Å². The number of hydrogen-bond acceptors (Lipinski definition) is 5. The van der Waals surface area contributed by atoms with E-state index in [2.05, 4.69) is 37.2 Å². The lowest BCUT2D eigenvalue weighted by Crippen LogP contribution is -2.56. The van der Waals surface area contributed by atoms with Crippen molar-refractivity contribution in [1.29, 1.82) is 0 Å². The molecule has 4 rings (SSSR count). The van der Waals surface area contributed by atoms with Crippen LogP contribution in [0.1, 0.15) is 34.8 Å². The lowest BCUT2D eigenvalue weighted by molar-refractivity contribution is 0.0536. The number of fused-ring (bicyclic) bond motifs is 4. The van der Waals surface area contributed by atoms with Crippen LogP contribution in [0.4, 0.5) is 0 Å². The van der Waals surface area contributed by atoms with Gasteiger partial charge in [-0.25, -0.2) is 0 Å². The number of thiophene rings is 1. The van der Waals surface area contributed by atoms with Crippen molar-refractivity contribution < 1.29 is 14.0 Å². The molecular formula is C15H13Br2NO3S. The van der Waals surface area contributed by atoms with Crippen molar-refractivity contribution in [3.63, 3.8) is 0 Å². The molecule has 22 heavy (non-hydrogen) atoms. The molecule has 1 fully saturated rings. The summed E-state index contributed by atoms with van der Waals surface area (Å²) in [5.74, 6) is -0.231. The third kappa shape index (κ3) is 1.82. The van der Waals surface area contributed by atoms with E-state index in [1.54, 1.807) is 0 Å². The number of hydrogen-bond donors (Lipinski definition) is 1. The Morgan fingerprint density at radius 3 is 2.59 bits per heavy atom. The fraction of sp³-hybridized carbons (Fsp3) is 0.467. The zero-order valence-corrected chi connectivity index (χ0v) is 15.9. The second kappa shape index (κ2) is 5.00. The third-order valence-electron chi connectivity index (χ3n) is 4.84. The molecule has 4 unspecified atom stereocenters. The standard InChI is InChI=1S/C15H13Br2NO3S/c1-4-3-18-5(2)7-6(4)11(20)12-8(10(7)19)9-13(21-12)15(17)22-14(9)16/h4-7,18H,3H2,1-2H3. The van der Waals surface area contributed by atoms with Crippen LogP contribution in [-0.2, 0) is 0 Å². The minimum absolute atomic E-state index is 0.00315. The molecular weight excluding hydrogens is 434 g/mol. The van der Waals surface area contributed by atoms with E-state index >= 15 is 0 Å². The Labute approximate surface area is 147 Å². The number of nitrogens with one attached hydrogen (secondary N) is 1. The molecule has 4 nitrogen and oxygen atoms in total. The second-order valence-electron chi connectivity index (χ2n) is 6.11. The number of rotatable bonds is 0. The Kier molecular flexibility index (Phi) is 3.42. The molecule has 4 atom stereocenters. The summed E-state index contributed by atoms with van der Waals surface area (Å²) in [5, 5.41) is 4.08. The first-order chi connectivity index (χ1) is 10.4. The van der Waals surface area contributed by atoms with Gasteiger partial charge in [-0.2, -0.15) is 0 Å². The molecule has 2 aromatic heterocycles. The van der Waals surface area contributed by atoms with Gasteiger partial charge in [0.1, 0.15) is 3.79 Å². The van der Waals surface area contributed by atoms with E-state index in [-0.39, 0.29) is 41.1 Å². The fourth-order valence-corrected chi connectivity index (χ4v) is 6.73. The summed E-state index contributed by atoms with van der Waals surface area (Å²) in [4.78, 5) is 26.0. The van der Waals surface area contributed by atoms with Gasteiger partial charge < -0.3 is 9.73 Å². The highest BCUT2D eigenvalue weighted by atomic mass is 79.9. The quantitative estimate of drug-likeness (QED) is 0.656. The predicted molar refractivity (Wildman–Crippen MR) is 91.8 cm³/mol. The van der Waals surface area contributed by atoms with Crippen molar-refractivity contribution in [1.82, 2.24) is 5.32 Å². The Morgan fingerprint density at radius 1 is 1.14 bits per heavy atom. The Morgan fingerprint density at radius 2 is 1.86 bits per heavy atom. The summed E-state index contributed by atoms with van der Waals surface area (Å²) in [6.07, 6.45) is 0.